The first kappa shape index (κ1) is 10.8. The normalized spacial score (nSPS) is 20.6. The highest BCUT2D eigenvalue weighted by Crippen LogP contribution is 2.38. The molecule has 1 aliphatic carbocycles. The number of benzene rings is 1. The van der Waals surface area contributed by atoms with Gasteiger partial charge >= 0.3 is 7.12 Å². The van der Waals surface area contributed by atoms with Gasteiger partial charge < -0.3 is 10.0 Å². The molecule has 2 aliphatic rings. The standard InChI is InChI=1S/C12H10BNO2S/c15-13(16)8-5-6-12-10(7-8)14-9-3-1-2-4-11(9)17-12/h1-7,11,15-16H. The Labute approximate surface area is 104 Å². The van der Waals surface area contributed by atoms with E-state index in [2.05, 4.69) is 11.1 Å². The molecule has 0 spiro atoms. The van der Waals surface area contributed by atoms with Crippen molar-refractivity contribution in [1.29, 1.82) is 0 Å². The second-order valence-electron chi connectivity index (χ2n) is 3.92. The molecule has 0 aromatic heterocycles. The molecule has 1 aromatic carbocycles. The molecule has 0 bridgehead atoms. The highest BCUT2D eigenvalue weighted by molar-refractivity contribution is 8.01. The van der Waals surface area contributed by atoms with Crippen LogP contribution in [0.5, 0.6) is 0 Å². The Hall–Kier alpha value is -1.30. The van der Waals surface area contributed by atoms with E-state index in [4.69, 9.17) is 10.0 Å². The molecule has 2 N–H and O–H groups in total. The van der Waals surface area contributed by atoms with Crippen LogP contribution in [0, 0.1) is 0 Å². The quantitative estimate of drug-likeness (QED) is 0.724. The van der Waals surface area contributed by atoms with Crippen molar-refractivity contribution in [2.45, 2.75) is 10.1 Å². The second-order valence-corrected chi connectivity index (χ2v) is 5.10. The fourth-order valence-corrected chi connectivity index (χ4v) is 2.94. The van der Waals surface area contributed by atoms with Gasteiger partial charge in [-0.15, -0.1) is 11.8 Å². The lowest BCUT2D eigenvalue weighted by molar-refractivity contribution is 0.426. The summed E-state index contributed by atoms with van der Waals surface area (Å²) in [6.07, 6.45) is 8.09. The Morgan fingerprint density at radius 3 is 2.94 bits per heavy atom. The van der Waals surface area contributed by atoms with Crippen LogP contribution >= 0.6 is 11.8 Å². The highest BCUT2D eigenvalue weighted by atomic mass is 32.2. The summed E-state index contributed by atoms with van der Waals surface area (Å²) in [5, 5.41) is 18.5. The van der Waals surface area contributed by atoms with Crippen LogP contribution in [0.1, 0.15) is 0 Å². The monoisotopic (exact) mass is 243 g/mol. The Kier molecular flexibility index (Phi) is 2.66. The summed E-state index contributed by atoms with van der Waals surface area (Å²) < 4.78 is 0. The third kappa shape index (κ3) is 1.97. The number of nitrogens with zero attached hydrogens (tertiary/aromatic N) is 1. The van der Waals surface area contributed by atoms with Gasteiger partial charge in [-0.3, -0.25) is 4.99 Å². The van der Waals surface area contributed by atoms with Crippen LogP contribution in [0.4, 0.5) is 5.69 Å². The maximum Gasteiger partial charge on any atom is 0.488 e. The number of thioether (sulfide) groups is 1. The fourth-order valence-electron chi connectivity index (χ4n) is 1.87. The molecule has 0 radical (unpaired) electrons. The van der Waals surface area contributed by atoms with Crippen molar-refractivity contribution < 1.29 is 10.0 Å². The maximum absolute atomic E-state index is 9.13. The van der Waals surface area contributed by atoms with Crippen molar-refractivity contribution in [3.05, 3.63) is 42.5 Å². The van der Waals surface area contributed by atoms with Crippen LogP contribution in [-0.2, 0) is 0 Å². The molecule has 1 atom stereocenters. The number of rotatable bonds is 1. The minimum Gasteiger partial charge on any atom is -0.423 e. The summed E-state index contributed by atoms with van der Waals surface area (Å²) in [6.45, 7) is 0. The van der Waals surface area contributed by atoms with Crippen molar-refractivity contribution in [1.82, 2.24) is 0 Å². The van der Waals surface area contributed by atoms with Crippen LogP contribution in [0.15, 0.2) is 52.4 Å². The van der Waals surface area contributed by atoms with Gasteiger partial charge in [-0.1, -0.05) is 24.3 Å². The van der Waals surface area contributed by atoms with Gasteiger partial charge in [0.05, 0.1) is 16.6 Å². The van der Waals surface area contributed by atoms with Crippen LogP contribution < -0.4 is 5.46 Å². The molecular formula is C12H10BNO2S. The summed E-state index contributed by atoms with van der Waals surface area (Å²) in [7, 11) is -1.44. The molecule has 84 valence electrons. The van der Waals surface area contributed by atoms with Crippen LogP contribution in [0.25, 0.3) is 0 Å². The van der Waals surface area contributed by atoms with E-state index in [0.717, 1.165) is 16.3 Å². The SMILES string of the molecule is OB(O)c1ccc2c(c1)N=C1C=CC=CC1S2. The van der Waals surface area contributed by atoms with Crippen molar-refractivity contribution in [3.8, 4) is 0 Å². The maximum atomic E-state index is 9.13. The molecular weight excluding hydrogens is 233 g/mol. The number of hydrogen-bond acceptors (Lipinski definition) is 4. The van der Waals surface area contributed by atoms with E-state index in [1.54, 1.807) is 23.9 Å². The van der Waals surface area contributed by atoms with E-state index < -0.39 is 7.12 Å². The van der Waals surface area contributed by atoms with E-state index in [-0.39, 0.29) is 5.25 Å². The van der Waals surface area contributed by atoms with E-state index in [1.165, 1.54) is 0 Å². The first-order valence-electron chi connectivity index (χ1n) is 5.34. The highest BCUT2D eigenvalue weighted by Gasteiger charge is 2.22. The molecule has 0 amide bonds. The molecule has 5 heteroatoms. The molecule has 17 heavy (non-hydrogen) atoms. The minimum atomic E-state index is -1.44. The third-order valence-corrected chi connectivity index (χ3v) is 3.99. The van der Waals surface area contributed by atoms with Crippen LogP contribution in [0.3, 0.4) is 0 Å². The largest absolute Gasteiger partial charge is 0.488 e. The van der Waals surface area contributed by atoms with Gasteiger partial charge in [0, 0.05) is 4.90 Å². The summed E-state index contributed by atoms with van der Waals surface area (Å²) in [5.41, 5.74) is 2.30. The van der Waals surface area contributed by atoms with E-state index in [9.17, 15) is 0 Å². The Morgan fingerprint density at radius 2 is 2.12 bits per heavy atom. The average Bonchev–Trinajstić information content (AvgIpc) is 2.35. The smallest absolute Gasteiger partial charge is 0.423 e. The zero-order valence-corrected chi connectivity index (χ0v) is 9.76. The predicted octanol–water partition coefficient (Wildman–Crippen LogP) is 1.04. The second kappa shape index (κ2) is 4.18. The predicted molar refractivity (Wildman–Crippen MR) is 71.3 cm³/mol. The van der Waals surface area contributed by atoms with Gasteiger partial charge in [0.15, 0.2) is 0 Å². The van der Waals surface area contributed by atoms with Gasteiger partial charge in [-0.05, 0) is 23.7 Å². The molecule has 0 saturated carbocycles. The fraction of sp³-hybridized carbons (Fsp3) is 0.0833. The summed E-state index contributed by atoms with van der Waals surface area (Å²) in [5.74, 6) is 0. The van der Waals surface area contributed by atoms with Gasteiger partial charge in [-0.25, -0.2) is 0 Å². The average molecular weight is 243 g/mol. The molecule has 0 fully saturated rings. The molecule has 1 heterocycles. The van der Waals surface area contributed by atoms with Crippen molar-refractivity contribution in [3.63, 3.8) is 0 Å². The third-order valence-electron chi connectivity index (χ3n) is 2.74. The molecule has 1 aromatic rings. The first-order chi connectivity index (χ1) is 8.24. The number of hydrogen-bond donors (Lipinski definition) is 2. The van der Waals surface area contributed by atoms with Crippen LogP contribution in [0.2, 0.25) is 0 Å². The zero-order valence-electron chi connectivity index (χ0n) is 8.95. The van der Waals surface area contributed by atoms with Gasteiger partial charge in [0.1, 0.15) is 0 Å². The van der Waals surface area contributed by atoms with Crippen molar-refractivity contribution in [2.75, 3.05) is 0 Å². The molecule has 1 unspecified atom stereocenters. The molecule has 3 nitrogen and oxygen atoms in total. The minimum absolute atomic E-state index is 0.275. The van der Waals surface area contributed by atoms with Gasteiger partial charge in [0.2, 0.25) is 0 Å². The summed E-state index contributed by atoms with van der Waals surface area (Å²) >= 11 is 1.73. The Bertz CT molecular complexity index is 551. The van der Waals surface area contributed by atoms with E-state index >= 15 is 0 Å². The topological polar surface area (TPSA) is 52.8 Å². The van der Waals surface area contributed by atoms with Crippen molar-refractivity contribution in [2.24, 2.45) is 4.99 Å². The summed E-state index contributed by atoms with van der Waals surface area (Å²) in [6, 6.07) is 5.34. The van der Waals surface area contributed by atoms with Crippen molar-refractivity contribution >= 4 is 35.7 Å². The zero-order chi connectivity index (χ0) is 11.8. The van der Waals surface area contributed by atoms with Gasteiger partial charge in [-0.2, -0.15) is 0 Å². The van der Waals surface area contributed by atoms with Crippen LogP contribution in [-0.4, -0.2) is 28.1 Å². The summed E-state index contributed by atoms with van der Waals surface area (Å²) in [4.78, 5) is 5.62. The lowest BCUT2D eigenvalue weighted by Gasteiger charge is -2.22. The Balaban J connectivity index is 2.05. The first-order valence-corrected chi connectivity index (χ1v) is 6.22. The van der Waals surface area contributed by atoms with Gasteiger partial charge in [0.25, 0.3) is 0 Å². The lowest BCUT2D eigenvalue weighted by atomic mass is 9.80. The molecule has 0 saturated heterocycles. The molecule has 1 aliphatic heterocycles. The van der Waals surface area contributed by atoms with E-state index in [1.807, 2.05) is 24.3 Å². The van der Waals surface area contributed by atoms with E-state index in [0.29, 0.717) is 5.46 Å². The number of allylic oxidation sites excluding steroid dienone is 3. The number of aliphatic imine (C=N–C) groups is 1. The number of fused-ring (bicyclic) bond motifs is 2. The molecule has 3 rings (SSSR count). The Morgan fingerprint density at radius 1 is 1.24 bits per heavy atom. The lowest BCUT2D eigenvalue weighted by Crippen LogP contribution is -2.29.